The van der Waals surface area contributed by atoms with E-state index in [1.165, 1.54) is 51.4 Å². The lowest BCUT2D eigenvalue weighted by atomic mass is 10.1. The zero-order valence-electron chi connectivity index (χ0n) is 9.84. The van der Waals surface area contributed by atoms with Gasteiger partial charge in [0.15, 0.2) is 0 Å². The van der Waals surface area contributed by atoms with Gasteiger partial charge in [0.1, 0.15) is 0 Å². The Morgan fingerprint density at radius 2 is 1.40 bits per heavy atom. The number of nitrogens with one attached hydrogen (secondary N) is 1. The van der Waals surface area contributed by atoms with E-state index >= 15 is 0 Å². The Morgan fingerprint density at radius 1 is 0.867 bits per heavy atom. The highest BCUT2D eigenvalue weighted by Gasteiger charge is 1.92. The topological polar surface area (TPSA) is 29.1 Å². The van der Waals surface area contributed by atoms with Crippen LogP contribution in [0.3, 0.4) is 0 Å². The first-order valence-electron chi connectivity index (χ1n) is 6.22. The minimum absolute atomic E-state index is 0.725. The molecule has 0 aliphatic heterocycles. The van der Waals surface area contributed by atoms with Crippen LogP contribution in [0.15, 0.2) is 0 Å². The maximum Gasteiger partial charge on any atom is 0.207 e. The molecule has 0 rings (SSSR count). The molecule has 0 aromatic carbocycles. The van der Waals surface area contributed by atoms with Crippen LogP contribution in [0.2, 0.25) is 0 Å². The Morgan fingerprint density at radius 3 is 1.93 bits per heavy atom. The molecule has 0 aromatic rings. The number of unbranched alkanes of at least 4 members (excludes halogenated alkanes) is 9. The van der Waals surface area contributed by atoms with Crippen molar-refractivity contribution in [2.75, 3.05) is 0 Å². The van der Waals surface area contributed by atoms with Gasteiger partial charge in [0.25, 0.3) is 0 Å². The lowest BCUT2D eigenvalue weighted by Gasteiger charge is -2.01. The first-order valence-corrected chi connectivity index (χ1v) is 6.22. The number of hydrogen-bond acceptors (Lipinski definition) is 1. The summed E-state index contributed by atoms with van der Waals surface area (Å²) in [4.78, 5) is 9.92. The van der Waals surface area contributed by atoms with Crippen LogP contribution in [0.1, 0.15) is 64.2 Å². The first kappa shape index (κ1) is 14.5. The number of carbonyl (C=O) groups excluding carboxylic acids is 1. The maximum atomic E-state index is 9.92. The average Bonchev–Trinajstić information content (AvgIpc) is 2.26. The van der Waals surface area contributed by atoms with E-state index in [0.29, 0.717) is 0 Å². The van der Waals surface area contributed by atoms with Gasteiger partial charge >= 0.3 is 0 Å². The standard InChI is InChI=1S/C13H25NO/c1-2-3-4-5-6-7-8-9-10-11-12-14-13-15/h12-13H,1-11H2,(H,14,15). The molecule has 2 radical (unpaired) electrons. The smallest absolute Gasteiger partial charge is 0.207 e. The van der Waals surface area contributed by atoms with Crippen LogP contribution in [0.5, 0.6) is 0 Å². The van der Waals surface area contributed by atoms with Gasteiger partial charge in [-0.05, 0) is 6.42 Å². The predicted molar refractivity (Wildman–Crippen MR) is 65.0 cm³/mol. The van der Waals surface area contributed by atoms with Crippen LogP contribution in [-0.2, 0) is 4.79 Å². The summed E-state index contributed by atoms with van der Waals surface area (Å²) in [5.74, 6) is 0. The van der Waals surface area contributed by atoms with Crippen LogP contribution in [-0.4, -0.2) is 6.41 Å². The number of rotatable bonds is 12. The van der Waals surface area contributed by atoms with Crippen molar-refractivity contribution in [1.82, 2.24) is 5.32 Å². The molecule has 0 spiro atoms. The highest BCUT2D eigenvalue weighted by molar-refractivity contribution is 5.46. The lowest BCUT2D eigenvalue weighted by Crippen LogP contribution is -2.05. The Bertz CT molecular complexity index is 126. The average molecular weight is 211 g/mol. The third-order valence-corrected chi connectivity index (χ3v) is 2.53. The van der Waals surface area contributed by atoms with E-state index in [0.717, 1.165) is 19.3 Å². The Hall–Kier alpha value is -0.530. The maximum absolute atomic E-state index is 9.92. The van der Waals surface area contributed by atoms with Crippen molar-refractivity contribution in [2.45, 2.75) is 64.2 Å². The van der Waals surface area contributed by atoms with E-state index in [1.54, 1.807) is 0 Å². The minimum Gasteiger partial charge on any atom is -0.354 e. The molecule has 0 heterocycles. The van der Waals surface area contributed by atoms with Crippen molar-refractivity contribution in [1.29, 1.82) is 0 Å². The Kier molecular flexibility index (Phi) is 13.0. The third kappa shape index (κ3) is 13.5. The fourth-order valence-corrected chi connectivity index (χ4v) is 1.62. The molecule has 0 saturated heterocycles. The molecule has 0 unspecified atom stereocenters. The van der Waals surface area contributed by atoms with Crippen molar-refractivity contribution >= 4 is 6.41 Å². The Labute approximate surface area is 94.8 Å². The van der Waals surface area contributed by atoms with Gasteiger partial charge in [-0.25, -0.2) is 0 Å². The molecule has 0 saturated carbocycles. The summed E-state index contributed by atoms with van der Waals surface area (Å²) in [6.07, 6.45) is 13.4. The van der Waals surface area contributed by atoms with Crippen molar-refractivity contribution in [2.24, 2.45) is 0 Å². The Balaban J connectivity index is 2.83. The summed E-state index contributed by atoms with van der Waals surface area (Å²) in [6.45, 7) is 5.67. The molecule has 0 aliphatic carbocycles. The van der Waals surface area contributed by atoms with Gasteiger partial charge < -0.3 is 5.32 Å². The van der Waals surface area contributed by atoms with Gasteiger partial charge in [-0.1, -0.05) is 64.7 Å². The second kappa shape index (κ2) is 13.5. The van der Waals surface area contributed by atoms with Crippen LogP contribution >= 0.6 is 0 Å². The quantitative estimate of drug-likeness (QED) is 0.387. The summed E-state index contributed by atoms with van der Waals surface area (Å²) in [5, 5.41) is 2.56. The van der Waals surface area contributed by atoms with Crippen molar-refractivity contribution in [3.8, 4) is 0 Å². The second-order valence-corrected chi connectivity index (χ2v) is 3.96. The van der Waals surface area contributed by atoms with E-state index in [4.69, 9.17) is 0 Å². The fourth-order valence-electron chi connectivity index (χ4n) is 1.62. The molecule has 0 aliphatic rings. The number of hydrogen-bond donors (Lipinski definition) is 1. The molecule has 0 atom stereocenters. The van der Waals surface area contributed by atoms with E-state index in [9.17, 15) is 4.79 Å². The van der Waals surface area contributed by atoms with E-state index in [1.807, 2.05) is 6.54 Å². The zero-order valence-corrected chi connectivity index (χ0v) is 9.84. The third-order valence-electron chi connectivity index (χ3n) is 2.53. The largest absolute Gasteiger partial charge is 0.354 e. The first-order chi connectivity index (χ1) is 7.41. The molecule has 0 aromatic heterocycles. The van der Waals surface area contributed by atoms with Crippen LogP contribution in [0.4, 0.5) is 0 Å². The monoisotopic (exact) mass is 211 g/mol. The molecule has 0 bridgehead atoms. The molecule has 1 amide bonds. The summed E-state index contributed by atoms with van der Waals surface area (Å²) < 4.78 is 0. The summed E-state index contributed by atoms with van der Waals surface area (Å²) in [6, 6.07) is 0. The van der Waals surface area contributed by atoms with Gasteiger partial charge in [0, 0.05) is 6.54 Å². The van der Waals surface area contributed by atoms with Gasteiger partial charge in [-0.3, -0.25) is 4.79 Å². The number of carbonyl (C=O) groups is 1. The van der Waals surface area contributed by atoms with Crippen LogP contribution < -0.4 is 5.32 Å². The van der Waals surface area contributed by atoms with Crippen molar-refractivity contribution in [3.63, 3.8) is 0 Å². The van der Waals surface area contributed by atoms with Crippen LogP contribution in [0, 0.1) is 13.5 Å². The van der Waals surface area contributed by atoms with Gasteiger partial charge in [0.2, 0.25) is 6.41 Å². The molecular formula is C13H25NO. The molecule has 2 nitrogen and oxygen atoms in total. The fraction of sp³-hybridized carbons (Fsp3) is 0.769. The lowest BCUT2D eigenvalue weighted by molar-refractivity contribution is -0.109. The highest BCUT2D eigenvalue weighted by atomic mass is 16.1. The van der Waals surface area contributed by atoms with Crippen LogP contribution in [0.25, 0.3) is 0 Å². The van der Waals surface area contributed by atoms with E-state index < -0.39 is 0 Å². The molecule has 2 heteroatoms. The predicted octanol–water partition coefficient (Wildman–Crippen LogP) is 3.63. The van der Waals surface area contributed by atoms with Gasteiger partial charge in [-0.15, -0.1) is 0 Å². The van der Waals surface area contributed by atoms with Crippen molar-refractivity contribution < 1.29 is 4.79 Å². The molecule has 88 valence electrons. The molecular weight excluding hydrogens is 186 g/mol. The van der Waals surface area contributed by atoms with Gasteiger partial charge in [0.05, 0.1) is 0 Å². The summed E-state index contributed by atoms with van der Waals surface area (Å²) >= 11 is 0. The van der Waals surface area contributed by atoms with Crippen molar-refractivity contribution in [3.05, 3.63) is 13.5 Å². The number of amides is 1. The minimum atomic E-state index is 0.725. The van der Waals surface area contributed by atoms with E-state index in [2.05, 4.69) is 12.2 Å². The second-order valence-electron chi connectivity index (χ2n) is 3.96. The SMILES string of the molecule is [CH2]CCCCCCCCCC[CH]NC=O. The molecule has 1 N–H and O–H groups in total. The molecule has 15 heavy (non-hydrogen) atoms. The normalized spacial score (nSPS) is 10.2. The molecule has 0 fully saturated rings. The summed E-state index contributed by atoms with van der Waals surface area (Å²) in [7, 11) is 0. The van der Waals surface area contributed by atoms with E-state index in [-0.39, 0.29) is 0 Å². The highest BCUT2D eigenvalue weighted by Crippen LogP contribution is 2.10. The summed E-state index contributed by atoms with van der Waals surface area (Å²) in [5.41, 5.74) is 0. The van der Waals surface area contributed by atoms with Gasteiger partial charge in [-0.2, -0.15) is 0 Å². The zero-order chi connectivity index (χ0) is 11.2.